The van der Waals surface area contributed by atoms with Crippen LogP contribution in [0.4, 0.5) is 5.95 Å². The van der Waals surface area contributed by atoms with Gasteiger partial charge in [0.1, 0.15) is 22.8 Å². The van der Waals surface area contributed by atoms with Crippen molar-refractivity contribution >= 4 is 22.5 Å². The van der Waals surface area contributed by atoms with E-state index in [1.54, 1.807) is 21.3 Å². The van der Waals surface area contributed by atoms with Crippen LogP contribution in [0.2, 0.25) is 0 Å². The average Bonchev–Trinajstić information content (AvgIpc) is 3.41. The summed E-state index contributed by atoms with van der Waals surface area (Å²) >= 11 is 0. The van der Waals surface area contributed by atoms with Gasteiger partial charge in [-0.15, -0.1) is 5.10 Å². The molecule has 0 radical (unpaired) electrons. The average molecular weight is 519 g/mol. The van der Waals surface area contributed by atoms with Gasteiger partial charge in [0.05, 0.1) is 21.3 Å². The van der Waals surface area contributed by atoms with Crippen LogP contribution < -0.4 is 19.5 Å². The van der Waals surface area contributed by atoms with Gasteiger partial charge in [-0.1, -0.05) is 13.0 Å². The zero-order valence-corrected chi connectivity index (χ0v) is 23.2. The molecule has 1 aliphatic rings. The normalized spacial score (nSPS) is 16.6. The van der Waals surface area contributed by atoms with E-state index in [1.165, 1.54) is 0 Å². The molecule has 38 heavy (non-hydrogen) atoms. The summed E-state index contributed by atoms with van der Waals surface area (Å²) in [6.45, 7) is 9.47. The number of nitrogens with one attached hydrogen (secondary N) is 1. The number of fused-ring (bicyclic) bond motifs is 3. The lowest BCUT2D eigenvalue weighted by Gasteiger charge is -2.42. The predicted octanol–water partition coefficient (Wildman–Crippen LogP) is 5.28. The minimum absolute atomic E-state index is 0.156. The first-order chi connectivity index (χ1) is 18.4. The molecule has 3 heterocycles. The molecule has 9 nitrogen and oxygen atoms in total. The van der Waals surface area contributed by atoms with E-state index in [0.717, 1.165) is 71.8 Å². The van der Waals surface area contributed by atoms with Crippen LogP contribution in [0, 0.1) is 0 Å². The monoisotopic (exact) mass is 518 g/mol. The van der Waals surface area contributed by atoms with E-state index < -0.39 is 0 Å². The third-order valence-corrected chi connectivity index (χ3v) is 7.94. The number of rotatable bonds is 9. The highest BCUT2D eigenvalue weighted by molar-refractivity contribution is 5.96. The fourth-order valence-corrected chi connectivity index (χ4v) is 5.21. The van der Waals surface area contributed by atoms with Crippen molar-refractivity contribution in [3.05, 3.63) is 47.8 Å². The highest BCUT2D eigenvalue weighted by Crippen LogP contribution is 2.34. The Bertz CT molecular complexity index is 1430. The zero-order chi connectivity index (χ0) is 26.9. The molecule has 202 valence electrons. The molecule has 2 aromatic heterocycles. The summed E-state index contributed by atoms with van der Waals surface area (Å²) in [5.74, 6) is 3.93. The molecule has 1 unspecified atom stereocenters. The first-order valence-corrected chi connectivity index (χ1v) is 13.3. The number of nitrogens with zero attached hydrogens (tertiary/aromatic N) is 5. The van der Waals surface area contributed by atoms with Crippen LogP contribution in [0.1, 0.15) is 57.3 Å². The summed E-state index contributed by atoms with van der Waals surface area (Å²) in [5, 5.41) is 9.42. The van der Waals surface area contributed by atoms with Gasteiger partial charge < -0.3 is 19.5 Å². The summed E-state index contributed by atoms with van der Waals surface area (Å²) in [6.07, 6.45) is 3.32. The Hall–Kier alpha value is -3.59. The predicted molar refractivity (Wildman–Crippen MR) is 150 cm³/mol. The van der Waals surface area contributed by atoms with Crippen LogP contribution in [0.5, 0.6) is 17.2 Å². The molecule has 9 heteroatoms. The maximum Gasteiger partial charge on any atom is 0.226 e. The lowest BCUT2D eigenvalue weighted by molar-refractivity contribution is 0.0799. The molecule has 0 saturated carbocycles. The van der Waals surface area contributed by atoms with E-state index in [4.69, 9.17) is 29.3 Å². The SMILES string of the molecule is CCC(C)(C)N1CCCC(c2nc3c4cccc(OC)c4nc(NCc4ccc(OC)cc4OC)n3n2)C1. The minimum Gasteiger partial charge on any atom is -0.497 e. The number of benzene rings is 2. The maximum absolute atomic E-state index is 5.65. The first kappa shape index (κ1) is 26.0. The van der Waals surface area contributed by atoms with Crippen LogP contribution in [-0.4, -0.2) is 64.4 Å². The molecular weight excluding hydrogens is 480 g/mol. The van der Waals surface area contributed by atoms with Crippen LogP contribution in [0.25, 0.3) is 16.6 Å². The molecule has 1 N–H and O–H groups in total. The van der Waals surface area contributed by atoms with Gasteiger partial charge in [-0.3, -0.25) is 4.90 Å². The van der Waals surface area contributed by atoms with Gasteiger partial charge in [-0.2, -0.15) is 4.52 Å². The van der Waals surface area contributed by atoms with Gasteiger partial charge in [0.25, 0.3) is 0 Å². The molecule has 0 bridgehead atoms. The van der Waals surface area contributed by atoms with Crippen molar-refractivity contribution in [2.75, 3.05) is 39.7 Å². The minimum atomic E-state index is 0.156. The Labute approximate surface area is 224 Å². The number of hydrogen-bond donors (Lipinski definition) is 1. The molecule has 0 aliphatic carbocycles. The van der Waals surface area contributed by atoms with E-state index in [1.807, 2.05) is 40.9 Å². The van der Waals surface area contributed by atoms with E-state index in [-0.39, 0.29) is 11.5 Å². The van der Waals surface area contributed by atoms with Gasteiger partial charge in [-0.05, 0) is 63.9 Å². The van der Waals surface area contributed by atoms with Crippen LogP contribution in [0.3, 0.4) is 0 Å². The Morgan fingerprint density at radius 2 is 1.84 bits per heavy atom. The summed E-state index contributed by atoms with van der Waals surface area (Å²) in [7, 11) is 4.97. The number of ether oxygens (including phenoxy) is 3. The first-order valence-electron chi connectivity index (χ1n) is 13.3. The van der Waals surface area contributed by atoms with E-state index in [9.17, 15) is 0 Å². The third kappa shape index (κ3) is 4.82. The van der Waals surface area contributed by atoms with Crippen molar-refractivity contribution in [3.8, 4) is 17.2 Å². The fourth-order valence-electron chi connectivity index (χ4n) is 5.21. The molecule has 0 amide bonds. The third-order valence-electron chi connectivity index (χ3n) is 7.94. The van der Waals surface area contributed by atoms with Crippen molar-refractivity contribution in [3.63, 3.8) is 0 Å². The van der Waals surface area contributed by atoms with E-state index in [2.05, 4.69) is 31.0 Å². The Morgan fingerprint density at radius 3 is 2.58 bits per heavy atom. The van der Waals surface area contributed by atoms with Crippen molar-refractivity contribution in [1.82, 2.24) is 24.5 Å². The molecule has 1 saturated heterocycles. The Balaban J connectivity index is 1.55. The van der Waals surface area contributed by atoms with Crippen molar-refractivity contribution in [1.29, 1.82) is 0 Å². The molecule has 1 atom stereocenters. The summed E-state index contributed by atoms with van der Waals surface area (Å²) in [6, 6.07) is 11.7. The Kier molecular flexibility index (Phi) is 7.29. The number of hydrogen-bond acceptors (Lipinski definition) is 8. The largest absolute Gasteiger partial charge is 0.497 e. The quantitative estimate of drug-likeness (QED) is 0.320. The van der Waals surface area contributed by atoms with E-state index >= 15 is 0 Å². The lowest BCUT2D eigenvalue weighted by atomic mass is 9.90. The van der Waals surface area contributed by atoms with Gasteiger partial charge in [-0.25, -0.2) is 9.97 Å². The molecule has 2 aromatic carbocycles. The standard InChI is InChI=1S/C29H38N6O3/c1-7-29(2,3)34-15-9-10-20(18-34)26-32-27-22-11-8-12-23(37-5)25(22)31-28(35(27)33-26)30-17-19-13-14-21(36-4)16-24(19)38-6/h8,11-14,16,20H,7,9-10,15,17-18H2,1-6H3,(H,30,31). The Morgan fingerprint density at radius 1 is 1.03 bits per heavy atom. The van der Waals surface area contributed by atoms with Gasteiger partial charge in [0, 0.05) is 41.6 Å². The van der Waals surface area contributed by atoms with Gasteiger partial charge >= 0.3 is 0 Å². The lowest BCUT2D eigenvalue weighted by Crippen LogP contribution is -2.48. The molecule has 5 rings (SSSR count). The van der Waals surface area contributed by atoms with Crippen LogP contribution in [-0.2, 0) is 6.54 Å². The summed E-state index contributed by atoms with van der Waals surface area (Å²) in [5.41, 5.74) is 2.67. The summed E-state index contributed by atoms with van der Waals surface area (Å²) in [4.78, 5) is 12.6. The number of piperidine rings is 1. The number of likely N-dealkylation sites (tertiary alicyclic amines) is 1. The molecule has 4 aromatic rings. The molecule has 1 fully saturated rings. The fraction of sp³-hybridized carbons (Fsp3) is 0.483. The van der Waals surface area contributed by atoms with E-state index in [0.29, 0.717) is 18.2 Å². The summed E-state index contributed by atoms with van der Waals surface area (Å²) < 4.78 is 18.4. The zero-order valence-electron chi connectivity index (χ0n) is 23.2. The van der Waals surface area contributed by atoms with Crippen LogP contribution in [0.15, 0.2) is 36.4 Å². The number of anilines is 1. The molecular formula is C29H38N6O3. The molecule has 1 aliphatic heterocycles. The maximum atomic E-state index is 5.65. The smallest absolute Gasteiger partial charge is 0.226 e. The molecule has 0 spiro atoms. The highest BCUT2D eigenvalue weighted by atomic mass is 16.5. The van der Waals surface area contributed by atoms with Crippen molar-refractivity contribution in [2.24, 2.45) is 0 Å². The van der Waals surface area contributed by atoms with Gasteiger partial charge in [0.15, 0.2) is 11.5 Å². The van der Waals surface area contributed by atoms with Crippen LogP contribution >= 0.6 is 0 Å². The number of para-hydroxylation sites is 1. The second kappa shape index (κ2) is 10.6. The number of methoxy groups -OCH3 is 3. The number of aromatic nitrogens is 4. The highest BCUT2D eigenvalue weighted by Gasteiger charge is 2.32. The van der Waals surface area contributed by atoms with Crippen molar-refractivity contribution < 1.29 is 14.2 Å². The topological polar surface area (TPSA) is 86.0 Å². The van der Waals surface area contributed by atoms with Crippen molar-refractivity contribution in [2.45, 2.75) is 58.0 Å². The second-order valence-electron chi connectivity index (χ2n) is 10.5. The van der Waals surface area contributed by atoms with Gasteiger partial charge in [0.2, 0.25) is 5.95 Å². The second-order valence-corrected chi connectivity index (χ2v) is 10.5.